The van der Waals surface area contributed by atoms with Crippen molar-refractivity contribution in [2.24, 2.45) is 0 Å². The van der Waals surface area contributed by atoms with Crippen LogP contribution < -0.4 is 4.74 Å². The molecule has 0 aliphatic rings. The predicted molar refractivity (Wildman–Crippen MR) is 69.6 cm³/mol. The van der Waals surface area contributed by atoms with Crippen LogP contribution in [0.4, 0.5) is 0 Å². The van der Waals surface area contributed by atoms with Gasteiger partial charge in [0.25, 0.3) is 0 Å². The number of ether oxygens (including phenoxy) is 2. The molecular formula is C14H18O5. The van der Waals surface area contributed by atoms with Crippen LogP contribution in [0.5, 0.6) is 5.75 Å². The van der Waals surface area contributed by atoms with E-state index < -0.39 is 11.9 Å². The number of aromatic carboxylic acids is 1. The van der Waals surface area contributed by atoms with Crippen molar-refractivity contribution < 1.29 is 24.2 Å². The molecule has 1 N–H and O–H groups in total. The first-order valence-electron chi connectivity index (χ1n) is 5.98. The molecule has 0 spiro atoms. The summed E-state index contributed by atoms with van der Waals surface area (Å²) in [7, 11) is 0. The van der Waals surface area contributed by atoms with E-state index >= 15 is 0 Å². The molecule has 0 radical (unpaired) electrons. The first-order chi connectivity index (χ1) is 8.81. The van der Waals surface area contributed by atoms with E-state index in [1.807, 2.05) is 0 Å². The number of carbonyl (C=O) groups is 2. The van der Waals surface area contributed by atoms with Crippen LogP contribution in [0.2, 0.25) is 0 Å². The van der Waals surface area contributed by atoms with E-state index in [-0.39, 0.29) is 18.3 Å². The third-order valence-corrected chi connectivity index (χ3v) is 2.41. The largest absolute Gasteiger partial charge is 0.481 e. The molecule has 0 heterocycles. The maximum absolute atomic E-state index is 11.4. The molecule has 5 heteroatoms. The fourth-order valence-corrected chi connectivity index (χ4v) is 1.73. The second-order valence-electron chi connectivity index (χ2n) is 4.57. The molecule has 0 saturated heterocycles. The standard InChI is InChI=1S/C14H18O5/c1-8(2)19-12(15)7-18-13-9(3)5-11(14(16)17)6-10(13)4/h5-6,8H,7H2,1-4H3,(H,16,17). The highest BCUT2D eigenvalue weighted by Gasteiger charge is 2.13. The summed E-state index contributed by atoms with van der Waals surface area (Å²) in [4.78, 5) is 22.3. The Kier molecular flexibility index (Phi) is 4.92. The Labute approximate surface area is 112 Å². The summed E-state index contributed by atoms with van der Waals surface area (Å²) in [5.74, 6) is -0.918. The Bertz CT molecular complexity index is 468. The molecule has 1 aromatic rings. The summed E-state index contributed by atoms with van der Waals surface area (Å²) in [5, 5.41) is 8.93. The number of carbonyl (C=O) groups excluding carboxylic acids is 1. The van der Waals surface area contributed by atoms with E-state index in [0.29, 0.717) is 16.9 Å². The van der Waals surface area contributed by atoms with E-state index in [2.05, 4.69) is 0 Å². The highest BCUT2D eigenvalue weighted by Crippen LogP contribution is 2.24. The van der Waals surface area contributed by atoms with Gasteiger partial charge in [0.1, 0.15) is 5.75 Å². The fourth-order valence-electron chi connectivity index (χ4n) is 1.73. The van der Waals surface area contributed by atoms with Gasteiger partial charge >= 0.3 is 11.9 Å². The Balaban J connectivity index is 2.79. The van der Waals surface area contributed by atoms with Crippen LogP contribution >= 0.6 is 0 Å². The summed E-state index contributed by atoms with van der Waals surface area (Å²) in [6, 6.07) is 3.02. The van der Waals surface area contributed by atoms with Crippen molar-refractivity contribution in [1.29, 1.82) is 0 Å². The van der Waals surface area contributed by atoms with Gasteiger partial charge in [0.15, 0.2) is 6.61 Å². The lowest BCUT2D eigenvalue weighted by molar-refractivity contribution is -0.149. The highest BCUT2D eigenvalue weighted by atomic mass is 16.6. The predicted octanol–water partition coefficient (Wildman–Crippen LogP) is 2.33. The normalized spacial score (nSPS) is 10.4. The Morgan fingerprint density at radius 3 is 2.16 bits per heavy atom. The van der Waals surface area contributed by atoms with E-state index in [9.17, 15) is 9.59 Å². The first kappa shape index (κ1) is 15.0. The van der Waals surface area contributed by atoms with Crippen molar-refractivity contribution in [1.82, 2.24) is 0 Å². The molecule has 0 saturated carbocycles. The van der Waals surface area contributed by atoms with Crippen molar-refractivity contribution in [2.75, 3.05) is 6.61 Å². The molecule has 1 aromatic carbocycles. The number of hydrogen-bond acceptors (Lipinski definition) is 4. The molecular weight excluding hydrogens is 248 g/mol. The molecule has 5 nitrogen and oxygen atoms in total. The van der Waals surface area contributed by atoms with Crippen molar-refractivity contribution in [3.63, 3.8) is 0 Å². The topological polar surface area (TPSA) is 72.8 Å². The van der Waals surface area contributed by atoms with Crippen molar-refractivity contribution in [3.05, 3.63) is 28.8 Å². The minimum atomic E-state index is -0.989. The van der Waals surface area contributed by atoms with E-state index in [4.69, 9.17) is 14.6 Å². The molecule has 0 aliphatic carbocycles. The molecule has 0 unspecified atom stereocenters. The zero-order valence-electron chi connectivity index (χ0n) is 11.5. The Morgan fingerprint density at radius 1 is 1.21 bits per heavy atom. The van der Waals surface area contributed by atoms with Crippen molar-refractivity contribution >= 4 is 11.9 Å². The molecule has 0 fully saturated rings. The maximum atomic E-state index is 11.4. The molecule has 1 rings (SSSR count). The zero-order chi connectivity index (χ0) is 14.6. The van der Waals surface area contributed by atoms with Crippen LogP contribution in [-0.2, 0) is 9.53 Å². The van der Waals surface area contributed by atoms with Gasteiger partial charge in [0.05, 0.1) is 11.7 Å². The van der Waals surface area contributed by atoms with Crippen molar-refractivity contribution in [3.8, 4) is 5.75 Å². The van der Waals surface area contributed by atoms with E-state index in [1.54, 1.807) is 27.7 Å². The molecule has 19 heavy (non-hydrogen) atoms. The Morgan fingerprint density at radius 2 is 1.74 bits per heavy atom. The van der Waals surface area contributed by atoms with Gasteiger partial charge < -0.3 is 14.6 Å². The fraction of sp³-hybridized carbons (Fsp3) is 0.429. The quantitative estimate of drug-likeness (QED) is 0.828. The summed E-state index contributed by atoms with van der Waals surface area (Å²) in [5.41, 5.74) is 1.55. The van der Waals surface area contributed by atoms with Crippen LogP contribution in [0.25, 0.3) is 0 Å². The Hall–Kier alpha value is -2.04. The SMILES string of the molecule is Cc1cc(C(=O)O)cc(C)c1OCC(=O)OC(C)C. The third kappa shape index (κ3) is 4.28. The monoisotopic (exact) mass is 266 g/mol. The number of carboxylic acids is 1. The number of hydrogen-bond donors (Lipinski definition) is 1. The summed E-state index contributed by atoms with van der Waals surface area (Å²) >= 11 is 0. The lowest BCUT2D eigenvalue weighted by Crippen LogP contribution is -2.19. The number of rotatable bonds is 5. The minimum absolute atomic E-state index is 0.187. The second kappa shape index (κ2) is 6.22. The second-order valence-corrected chi connectivity index (χ2v) is 4.57. The van der Waals surface area contributed by atoms with Gasteiger partial charge in [-0.15, -0.1) is 0 Å². The average molecular weight is 266 g/mol. The summed E-state index contributed by atoms with van der Waals surface area (Å²) < 4.78 is 10.4. The van der Waals surface area contributed by atoms with Crippen LogP contribution in [-0.4, -0.2) is 29.8 Å². The number of carboxylic acid groups (broad SMARTS) is 1. The van der Waals surface area contributed by atoms with Gasteiger partial charge in [-0.2, -0.15) is 0 Å². The molecule has 0 aromatic heterocycles. The van der Waals surface area contributed by atoms with Crippen LogP contribution in [0, 0.1) is 13.8 Å². The molecule has 0 amide bonds. The third-order valence-electron chi connectivity index (χ3n) is 2.41. The van der Waals surface area contributed by atoms with E-state index in [1.165, 1.54) is 12.1 Å². The van der Waals surface area contributed by atoms with Crippen LogP contribution in [0.1, 0.15) is 35.3 Å². The average Bonchev–Trinajstić information content (AvgIpc) is 2.26. The minimum Gasteiger partial charge on any atom is -0.481 e. The molecule has 0 bridgehead atoms. The first-order valence-corrected chi connectivity index (χ1v) is 5.98. The van der Waals surface area contributed by atoms with Gasteiger partial charge in [-0.25, -0.2) is 9.59 Å². The summed E-state index contributed by atoms with van der Waals surface area (Å²) in [6.45, 7) is 6.81. The zero-order valence-corrected chi connectivity index (χ0v) is 11.5. The molecule has 0 aliphatic heterocycles. The molecule has 0 atom stereocenters. The number of aryl methyl sites for hydroxylation is 2. The smallest absolute Gasteiger partial charge is 0.344 e. The van der Waals surface area contributed by atoms with Gasteiger partial charge in [0, 0.05) is 0 Å². The van der Waals surface area contributed by atoms with Crippen LogP contribution in [0.3, 0.4) is 0 Å². The number of esters is 1. The lowest BCUT2D eigenvalue weighted by Gasteiger charge is -2.13. The van der Waals surface area contributed by atoms with Gasteiger partial charge in [0.2, 0.25) is 0 Å². The van der Waals surface area contributed by atoms with Crippen molar-refractivity contribution in [2.45, 2.75) is 33.8 Å². The lowest BCUT2D eigenvalue weighted by atomic mass is 10.1. The van der Waals surface area contributed by atoms with Gasteiger partial charge in [-0.1, -0.05) is 0 Å². The summed E-state index contributed by atoms with van der Waals surface area (Å²) in [6.07, 6.45) is -0.187. The van der Waals surface area contributed by atoms with Gasteiger partial charge in [-0.05, 0) is 51.0 Å². The van der Waals surface area contributed by atoms with E-state index in [0.717, 1.165) is 0 Å². The number of benzene rings is 1. The van der Waals surface area contributed by atoms with Gasteiger partial charge in [-0.3, -0.25) is 0 Å². The highest BCUT2D eigenvalue weighted by molar-refractivity contribution is 5.88. The molecule has 104 valence electrons. The van der Waals surface area contributed by atoms with Crippen LogP contribution in [0.15, 0.2) is 12.1 Å². The maximum Gasteiger partial charge on any atom is 0.344 e.